The van der Waals surface area contributed by atoms with Gasteiger partial charge in [0.1, 0.15) is 5.60 Å². The quantitative estimate of drug-likeness (QED) is 0.730. The first kappa shape index (κ1) is 22.9. The number of likely N-dealkylation sites (tertiary alicyclic amines) is 1. The zero-order chi connectivity index (χ0) is 20.4. The van der Waals surface area contributed by atoms with Crippen molar-refractivity contribution in [3.05, 3.63) is 30.2 Å². The van der Waals surface area contributed by atoms with Crippen molar-refractivity contribution in [3.63, 3.8) is 0 Å². The third-order valence-electron chi connectivity index (χ3n) is 3.99. The fraction of sp³-hybridized carbons (Fsp3) is 0.667. The van der Waals surface area contributed by atoms with Crippen molar-refractivity contribution in [1.82, 2.24) is 19.5 Å². The molecule has 0 bridgehead atoms. The van der Waals surface area contributed by atoms with Crippen molar-refractivity contribution in [1.29, 1.82) is 0 Å². The van der Waals surface area contributed by atoms with E-state index in [1.165, 1.54) is 0 Å². The Morgan fingerprint density at radius 2 is 1.93 bits per heavy atom. The molecule has 6 nitrogen and oxygen atoms in total. The van der Waals surface area contributed by atoms with E-state index in [4.69, 9.17) is 4.74 Å². The Balaban J connectivity index is 0.000000855. The van der Waals surface area contributed by atoms with Crippen LogP contribution in [0.4, 0.5) is 4.79 Å². The van der Waals surface area contributed by atoms with Gasteiger partial charge in [-0.3, -0.25) is 0 Å². The number of rotatable bonds is 2. The summed E-state index contributed by atoms with van der Waals surface area (Å²) in [6, 6.07) is 3.95. The molecule has 0 N–H and O–H groups in total. The lowest BCUT2D eigenvalue weighted by molar-refractivity contribution is 0.00986. The normalized spacial score (nSPS) is 16.7. The number of hydrogen-bond acceptors (Lipinski definition) is 4. The SMILES string of the molecule is CC.CC.CC(C)(C)OC(=O)N1CCCC[C@H]1Cc1cn2ncccc2n1. The fourth-order valence-corrected chi connectivity index (χ4v) is 2.99. The summed E-state index contributed by atoms with van der Waals surface area (Å²) in [5, 5.41) is 4.25. The third-order valence-corrected chi connectivity index (χ3v) is 3.99. The molecule has 0 saturated carbocycles. The minimum absolute atomic E-state index is 0.142. The average molecular weight is 377 g/mol. The minimum Gasteiger partial charge on any atom is -0.444 e. The number of imidazole rings is 1. The number of fused-ring (bicyclic) bond motifs is 1. The van der Waals surface area contributed by atoms with Crippen molar-refractivity contribution < 1.29 is 9.53 Å². The van der Waals surface area contributed by atoms with Gasteiger partial charge in [-0.05, 0) is 52.2 Å². The van der Waals surface area contributed by atoms with E-state index in [0.717, 1.165) is 43.6 Å². The molecule has 1 aliphatic rings. The lowest BCUT2D eigenvalue weighted by Gasteiger charge is -2.36. The number of hydrogen-bond donors (Lipinski definition) is 0. The summed E-state index contributed by atoms with van der Waals surface area (Å²) >= 11 is 0. The maximum absolute atomic E-state index is 12.5. The predicted octanol–water partition coefficient (Wildman–Crippen LogP) is 5.11. The van der Waals surface area contributed by atoms with Crippen molar-refractivity contribution in [2.24, 2.45) is 0 Å². The molecule has 1 fully saturated rings. The number of carbonyl (C=O) groups excluding carboxylic acids is 1. The van der Waals surface area contributed by atoms with Crippen LogP contribution in [0.2, 0.25) is 0 Å². The van der Waals surface area contributed by atoms with Crippen LogP contribution < -0.4 is 0 Å². The second kappa shape index (κ2) is 10.9. The van der Waals surface area contributed by atoms with Crippen LogP contribution in [0.5, 0.6) is 0 Å². The maximum atomic E-state index is 12.5. The largest absolute Gasteiger partial charge is 0.444 e. The van der Waals surface area contributed by atoms with Crippen LogP contribution in [-0.2, 0) is 11.2 Å². The summed E-state index contributed by atoms with van der Waals surface area (Å²) in [7, 11) is 0. The highest BCUT2D eigenvalue weighted by Gasteiger charge is 2.31. The highest BCUT2D eigenvalue weighted by Crippen LogP contribution is 2.23. The van der Waals surface area contributed by atoms with Gasteiger partial charge >= 0.3 is 6.09 Å². The Bertz CT molecular complexity index is 658. The molecule has 3 heterocycles. The van der Waals surface area contributed by atoms with Crippen molar-refractivity contribution in [2.75, 3.05) is 6.54 Å². The lowest BCUT2D eigenvalue weighted by atomic mass is 9.98. The molecule has 27 heavy (non-hydrogen) atoms. The molecule has 0 spiro atoms. The first-order chi connectivity index (χ1) is 12.9. The molecule has 0 aliphatic carbocycles. The topological polar surface area (TPSA) is 59.7 Å². The van der Waals surface area contributed by atoms with E-state index in [9.17, 15) is 4.79 Å². The summed E-state index contributed by atoms with van der Waals surface area (Å²) in [5.74, 6) is 0. The highest BCUT2D eigenvalue weighted by molar-refractivity contribution is 5.68. The van der Waals surface area contributed by atoms with E-state index in [1.807, 2.05) is 71.7 Å². The van der Waals surface area contributed by atoms with Gasteiger partial charge < -0.3 is 9.64 Å². The van der Waals surface area contributed by atoms with Gasteiger partial charge in [-0.25, -0.2) is 14.3 Å². The van der Waals surface area contributed by atoms with Crippen LogP contribution >= 0.6 is 0 Å². The number of aromatic nitrogens is 3. The summed E-state index contributed by atoms with van der Waals surface area (Å²) in [6.07, 6.45) is 7.36. The maximum Gasteiger partial charge on any atom is 0.410 e. The first-order valence-corrected chi connectivity index (χ1v) is 10.2. The fourth-order valence-electron chi connectivity index (χ4n) is 2.99. The monoisotopic (exact) mass is 376 g/mol. The van der Waals surface area contributed by atoms with Crippen LogP contribution in [0.25, 0.3) is 5.65 Å². The Morgan fingerprint density at radius 3 is 2.56 bits per heavy atom. The molecule has 1 saturated heterocycles. The van der Waals surface area contributed by atoms with E-state index < -0.39 is 5.60 Å². The molecule has 2 aromatic heterocycles. The van der Waals surface area contributed by atoms with E-state index in [0.29, 0.717) is 0 Å². The number of piperidine rings is 1. The zero-order valence-electron chi connectivity index (χ0n) is 18.0. The molecule has 0 aromatic carbocycles. The summed E-state index contributed by atoms with van der Waals surface area (Å²) in [6.45, 7) is 14.5. The number of ether oxygens (including phenoxy) is 1. The molecule has 0 unspecified atom stereocenters. The lowest BCUT2D eigenvalue weighted by Crippen LogP contribution is -2.47. The number of carbonyl (C=O) groups is 1. The van der Waals surface area contributed by atoms with E-state index in [2.05, 4.69) is 10.1 Å². The molecular formula is C21H36N4O2. The molecule has 1 amide bonds. The third kappa shape index (κ3) is 6.85. The van der Waals surface area contributed by atoms with Crippen LogP contribution in [0.15, 0.2) is 24.5 Å². The Kier molecular flexibility index (Phi) is 9.26. The van der Waals surface area contributed by atoms with Gasteiger partial charge in [0.15, 0.2) is 5.65 Å². The van der Waals surface area contributed by atoms with Crippen LogP contribution in [0, 0.1) is 0 Å². The Labute approximate surface area is 163 Å². The molecule has 6 heteroatoms. The Hall–Kier alpha value is -2.11. The molecule has 0 radical (unpaired) electrons. The zero-order valence-corrected chi connectivity index (χ0v) is 18.0. The molecule has 3 rings (SSSR count). The van der Waals surface area contributed by atoms with E-state index >= 15 is 0 Å². The van der Waals surface area contributed by atoms with Gasteiger partial charge in [0.05, 0.1) is 11.9 Å². The molecular weight excluding hydrogens is 340 g/mol. The Morgan fingerprint density at radius 1 is 1.22 bits per heavy atom. The van der Waals surface area contributed by atoms with E-state index in [1.54, 1.807) is 10.7 Å². The minimum atomic E-state index is -0.466. The predicted molar refractivity (Wildman–Crippen MR) is 110 cm³/mol. The van der Waals surface area contributed by atoms with Crippen molar-refractivity contribution in [2.45, 2.75) is 85.8 Å². The van der Waals surface area contributed by atoms with Crippen LogP contribution in [0.1, 0.15) is 73.4 Å². The second-order valence-corrected chi connectivity index (χ2v) is 7.09. The first-order valence-electron chi connectivity index (χ1n) is 10.2. The number of amides is 1. The summed E-state index contributed by atoms with van der Waals surface area (Å²) < 4.78 is 7.33. The molecule has 1 aliphatic heterocycles. The standard InChI is InChI=1S/C17H24N4O2.2C2H6/c1-17(2,3)23-16(22)20-10-5-4-7-14(20)11-13-12-21-15(19-13)8-6-9-18-21;2*1-2/h6,8-9,12,14H,4-5,7,10-11H2,1-3H3;2*1-2H3/t14-;;/m0../s1. The average Bonchev–Trinajstić information content (AvgIpc) is 3.06. The summed E-state index contributed by atoms with van der Waals surface area (Å²) in [5.41, 5.74) is 1.33. The van der Waals surface area contributed by atoms with Crippen molar-refractivity contribution in [3.8, 4) is 0 Å². The van der Waals surface area contributed by atoms with Gasteiger partial charge in [0.25, 0.3) is 0 Å². The molecule has 152 valence electrons. The highest BCUT2D eigenvalue weighted by atomic mass is 16.6. The van der Waals surface area contributed by atoms with Gasteiger partial charge in [-0.1, -0.05) is 27.7 Å². The van der Waals surface area contributed by atoms with Gasteiger partial charge in [0.2, 0.25) is 0 Å². The van der Waals surface area contributed by atoms with Gasteiger partial charge in [-0.15, -0.1) is 0 Å². The van der Waals surface area contributed by atoms with Crippen molar-refractivity contribution >= 4 is 11.7 Å². The van der Waals surface area contributed by atoms with Crippen LogP contribution in [-0.4, -0.2) is 43.8 Å². The summed E-state index contributed by atoms with van der Waals surface area (Å²) in [4.78, 5) is 18.9. The van der Waals surface area contributed by atoms with Gasteiger partial charge in [-0.2, -0.15) is 5.10 Å². The van der Waals surface area contributed by atoms with Gasteiger partial charge in [0, 0.05) is 25.2 Å². The second-order valence-electron chi connectivity index (χ2n) is 7.09. The smallest absolute Gasteiger partial charge is 0.410 e. The number of nitrogens with zero attached hydrogens (tertiary/aromatic N) is 4. The molecule has 1 atom stereocenters. The molecule has 2 aromatic rings. The van der Waals surface area contributed by atoms with E-state index in [-0.39, 0.29) is 12.1 Å². The van der Waals surface area contributed by atoms with Crippen LogP contribution in [0.3, 0.4) is 0 Å².